The van der Waals surface area contributed by atoms with E-state index < -0.39 is 23.0 Å². The number of amides is 4. The molecular weight excluding hydrogens is 452 g/mol. The summed E-state index contributed by atoms with van der Waals surface area (Å²) in [6.45, 7) is 4.22. The van der Waals surface area contributed by atoms with Crippen molar-refractivity contribution in [2.75, 3.05) is 19.6 Å². The van der Waals surface area contributed by atoms with Crippen molar-refractivity contribution in [2.45, 2.75) is 32.4 Å². The van der Waals surface area contributed by atoms with Crippen LogP contribution >= 0.6 is 0 Å². The van der Waals surface area contributed by atoms with E-state index in [1.807, 2.05) is 18.2 Å². The zero-order chi connectivity index (χ0) is 25.1. The van der Waals surface area contributed by atoms with E-state index in [1.54, 1.807) is 26.1 Å². The van der Waals surface area contributed by atoms with Gasteiger partial charge in [0.05, 0.1) is 28.8 Å². The number of non-ortho nitro benzene ring substituents is 1. The minimum atomic E-state index is -0.850. The summed E-state index contributed by atoms with van der Waals surface area (Å²) in [6, 6.07) is 9.38. The topological polar surface area (TPSA) is 138 Å². The van der Waals surface area contributed by atoms with Crippen molar-refractivity contribution in [3.05, 3.63) is 81.3 Å². The van der Waals surface area contributed by atoms with E-state index in [-0.39, 0.29) is 24.0 Å². The number of hydrogen-bond donors (Lipinski definition) is 2. The first-order valence-corrected chi connectivity index (χ1v) is 11.4. The number of nitrogens with one attached hydrogen (secondary N) is 2. The Hall–Kier alpha value is -4.28. The van der Waals surface area contributed by atoms with Crippen LogP contribution in [0.5, 0.6) is 0 Å². The molecule has 182 valence electrons. The number of carbonyl (C=O) groups is 3. The molecule has 3 heterocycles. The molecule has 2 aromatic rings. The predicted octanol–water partition coefficient (Wildman–Crippen LogP) is 1.92. The molecule has 11 heteroatoms. The zero-order valence-electron chi connectivity index (χ0n) is 19.4. The van der Waals surface area contributed by atoms with Crippen LogP contribution in [-0.4, -0.2) is 63.2 Å². The first-order chi connectivity index (χ1) is 16.8. The number of hydrogen-bond acceptors (Lipinski definition) is 6. The van der Waals surface area contributed by atoms with Gasteiger partial charge in [0.25, 0.3) is 11.6 Å². The summed E-state index contributed by atoms with van der Waals surface area (Å²) in [5.41, 5.74) is 1.96. The lowest BCUT2D eigenvalue weighted by Crippen LogP contribution is -2.47. The summed E-state index contributed by atoms with van der Waals surface area (Å²) >= 11 is 0. The van der Waals surface area contributed by atoms with Crippen molar-refractivity contribution in [3.8, 4) is 0 Å². The molecule has 0 aliphatic carbocycles. The average molecular weight is 479 g/mol. The first-order valence-electron chi connectivity index (χ1n) is 11.4. The Morgan fingerprint density at radius 3 is 2.77 bits per heavy atom. The fraction of sp³-hybridized carbons (Fsp3) is 0.333. The molecule has 2 N–H and O–H groups in total. The molecule has 0 spiro atoms. The van der Waals surface area contributed by atoms with Crippen molar-refractivity contribution >= 4 is 23.5 Å². The van der Waals surface area contributed by atoms with Crippen molar-refractivity contribution in [3.63, 3.8) is 0 Å². The molecule has 35 heavy (non-hydrogen) atoms. The molecule has 0 bridgehead atoms. The highest BCUT2D eigenvalue weighted by Crippen LogP contribution is 2.37. The minimum Gasteiger partial charge on any atom is -0.354 e. The normalized spacial score (nSPS) is 18.3. The van der Waals surface area contributed by atoms with Crippen LogP contribution in [0.2, 0.25) is 0 Å². The zero-order valence-corrected chi connectivity index (χ0v) is 19.4. The Bertz CT molecular complexity index is 1200. The lowest BCUT2D eigenvalue weighted by atomic mass is 9.95. The van der Waals surface area contributed by atoms with Gasteiger partial charge >= 0.3 is 6.03 Å². The summed E-state index contributed by atoms with van der Waals surface area (Å²) < 4.78 is 0. The molecule has 2 aliphatic rings. The fourth-order valence-electron chi connectivity index (χ4n) is 4.38. The van der Waals surface area contributed by atoms with Crippen molar-refractivity contribution in [2.24, 2.45) is 0 Å². The van der Waals surface area contributed by atoms with Gasteiger partial charge in [0.1, 0.15) is 6.04 Å². The third kappa shape index (κ3) is 4.70. The number of rotatable bonds is 8. The van der Waals surface area contributed by atoms with Crippen LogP contribution in [0.1, 0.15) is 31.1 Å². The maximum Gasteiger partial charge on any atom is 0.322 e. The maximum absolute atomic E-state index is 13.5. The van der Waals surface area contributed by atoms with Gasteiger partial charge in [-0.25, -0.2) is 4.79 Å². The highest BCUT2D eigenvalue weighted by Gasteiger charge is 2.46. The quantitative estimate of drug-likeness (QED) is 0.439. The van der Waals surface area contributed by atoms with Gasteiger partial charge in [0, 0.05) is 43.5 Å². The molecule has 1 aromatic heterocycles. The van der Waals surface area contributed by atoms with E-state index in [0.29, 0.717) is 36.3 Å². The van der Waals surface area contributed by atoms with E-state index in [9.17, 15) is 24.5 Å². The van der Waals surface area contributed by atoms with E-state index in [2.05, 4.69) is 15.6 Å². The smallest absolute Gasteiger partial charge is 0.322 e. The number of benzene rings is 1. The van der Waals surface area contributed by atoms with E-state index >= 15 is 0 Å². The third-order valence-corrected chi connectivity index (χ3v) is 6.23. The van der Waals surface area contributed by atoms with Gasteiger partial charge in [-0.3, -0.25) is 29.6 Å². The number of nitro groups is 1. The SMILES string of the molecule is CCN1C(=O)NC(c2cccc([N+](=O)[O-])c2)C2=C1CN(C(C)C(=O)NCCc1ccccn1)C2=O. The molecule has 2 aliphatic heterocycles. The number of pyridine rings is 1. The summed E-state index contributed by atoms with van der Waals surface area (Å²) in [5, 5.41) is 16.9. The molecule has 4 amide bonds. The maximum atomic E-state index is 13.5. The van der Waals surface area contributed by atoms with Gasteiger partial charge in [-0.05, 0) is 31.5 Å². The van der Waals surface area contributed by atoms with Gasteiger partial charge in [-0.2, -0.15) is 0 Å². The Morgan fingerprint density at radius 2 is 2.09 bits per heavy atom. The largest absolute Gasteiger partial charge is 0.354 e. The van der Waals surface area contributed by atoms with Crippen molar-refractivity contribution in [1.29, 1.82) is 0 Å². The van der Waals surface area contributed by atoms with Crippen LogP contribution in [0.4, 0.5) is 10.5 Å². The fourth-order valence-corrected chi connectivity index (χ4v) is 4.38. The third-order valence-electron chi connectivity index (χ3n) is 6.23. The molecule has 0 saturated heterocycles. The second kappa shape index (κ2) is 9.92. The van der Waals surface area contributed by atoms with E-state index in [4.69, 9.17) is 0 Å². The van der Waals surface area contributed by atoms with Crippen LogP contribution in [0.3, 0.4) is 0 Å². The van der Waals surface area contributed by atoms with Crippen LogP contribution in [0, 0.1) is 10.1 Å². The van der Waals surface area contributed by atoms with Gasteiger partial charge < -0.3 is 15.5 Å². The molecule has 0 radical (unpaired) electrons. The van der Waals surface area contributed by atoms with Crippen LogP contribution < -0.4 is 10.6 Å². The monoisotopic (exact) mass is 478 g/mol. The molecular formula is C24H26N6O5. The second-order valence-corrected chi connectivity index (χ2v) is 8.31. The summed E-state index contributed by atoms with van der Waals surface area (Å²) in [5.74, 6) is -0.703. The summed E-state index contributed by atoms with van der Waals surface area (Å²) in [4.78, 5) is 57.0. The summed E-state index contributed by atoms with van der Waals surface area (Å²) in [7, 11) is 0. The Kier molecular flexibility index (Phi) is 6.76. The van der Waals surface area contributed by atoms with Gasteiger partial charge in [-0.15, -0.1) is 0 Å². The Morgan fingerprint density at radius 1 is 1.29 bits per heavy atom. The number of nitro benzene ring substituents is 1. The first kappa shape index (κ1) is 23.9. The molecule has 2 unspecified atom stereocenters. The molecule has 11 nitrogen and oxygen atoms in total. The Balaban J connectivity index is 1.54. The predicted molar refractivity (Wildman–Crippen MR) is 126 cm³/mol. The number of likely N-dealkylation sites (N-methyl/N-ethyl adjacent to an activating group) is 1. The van der Waals surface area contributed by atoms with Crippen LogP contribution in [0.15, 0.2) is 59.9 Å². The molecule has 1 aromatic carbocycles. The lowest BCUT2D eigenvalue weighted by Gasteiger charge is -2.32. The van der Waals surface area contributed by atoms with Crippen molar-refractivity contribution < 1.29 is 19.3 Å². The van der Waals surface area contributed by atoms with Crippen molar-refractivity contribution in [1.82, 2.24) is 25.4 Å². The van der Waals surface area contributed by atoms with Crippen LogP contribution in [-0.2, 0) is 16.0 Å². The highest BCUT2D eigenvalue weighted by molar-refractivity contribution is 6.03. The minimum absolute atomic E-state index is 0.0929. The van der Waals surface area contributed by atoms with Gasteiger partial charge in [0.15, 0.2) is 0 Å². The number of carbonyl (C=O) groups excluding carboxylic acids is 3. The molecule has 0 saturated carbocycles. The number of aromatic nitrogens is 1. The second-order valence-electron chi connectivity index (χ2n) is 8.31. The molecule has 4 rings (SSSR count). The molecule has 0 fully saturated rings. The number of nitrogens with zero attached hydrogens (tertiary/aromatic N) is 4. The lowest BCUT2D eigenvalue weighted by molar-refractivity contribution is -0.384. The summed E-state index contributed by atoms with van der Waals surface area (Å²) in [6.07, 6.45) is 2.24. The molecule has 2 atom stereocenters. The van der Waals surface area contributed by atoms with Crippen LogP contribution in [0.25, 0.3) is 0 Å². The van der Waals surface area contributed by atoms with E-state index in [1.165, 1.54) is 28.0 Å². The highest BCUT2D eigenvalue weighted by atomic mass is 16.6. The standard InChI is InChI=1S/C24H26N6O5/c1-3-28-19-14-29(15(2)22(31)26-12-10-17-8-4-5-11-25-17)23(32)20(19)21(27-24(28)33)16-7-6-9-18(13-16)30(34)35/h4-9,11,13,15,21H,3,10,12,14H2,1-2H3,(H,26,31)(H,27,33). The Labute approximate surface area is 202 Å². The van der Waals surface area contributed by atoms with E-state index in [0.717, 1.165) is 5.69 Å². The van der Waals surface area contributed by atoms with Gasteiger partial charge in [0.2, 0.25) is 5.91 Å². The van der Waals surface area contributed by atoms with Gasteiger partial charge in [-0.1, -0.05) is 18.2 Å². The average Bonchev–Trinajstić information content (AvgIpc) is 3.20. The number of urea groups is 1.